The van der Waals surface area contributed by atoms with Crippen LogP contribution in [-0.4, -0.2) is 29.0 Å². The summed E-state index contributed by atoms with van der Waals surface area (Å²) in [5.41, 5.74) is 0.901. The van der Waals surface area contributed by atoms with Crippen molar-refractivity contribution in [2.45, 2.75) is 25.7 Å². The van der Waals surface area contributed by atoms with E-state index >= 15 is 0 Å². The Labute approximate surface area is 125 Å². The number of carbonyl (C=O) groups excluding carboxylic acids is 3. The second-order valence-electron chi connectivity index (χ2n) is 5.30. The Hall–Kier alpha value is -1.49. The van der Waals surface area contributed by atoms with Gasteiger partial charge < -0.3 is 0 Å². The molecule has 20 heavy (non-hydrogen) atoms. The molecule has 1 unspecified atom stereocenters. The van der Waals surface area contributed by atoms with Crippen LogP contribution in [0.1, 0.15) is 46.4 Å². The summed E-state index contributed by atoms with van der Waals surface area (Å²) in [5, 5.41) is 0. The first-order valence-electron chi connectivity index (χ1n) is 6.76. The maximum Gasteiger partial charge on any atom is 0.261 e. The van der Waals surface area contributed by atoms with Crippen molar-refractivity contribution in [1.82, 2.24) is 4.90 Å². The minimum absolute atomic E-state index is 0.0195. The molecule has 1 aromatic rings. The second kappa shape index (κ2) is 5.13. The third-order valence-corrected chi connectivity index (χ3v) is 4.56. The summed E-state index contributed by atoms with van der Waals surface area (Å²) in [6.45, 7) is 0.334. The van der Waals surface area contributed by atoms with Crippen molar-refractivity contribution in [3.8, 4) is 0 Å². The molecular weight excluding hydrogens is 322 g/mol. The van der Waals surface area contributed by atoms with Gasteiger partial charge in [0.2, 0.25) is 0 Å². The Balaban J connectivity index is 1.74. The fraction of sp³-hybridized carbons (Fsp3) is 0.400. The van der Waals surface area contributed by atoms with Crippen molar-refractivity contribution in [3.05, 3.63) is 33.8 Å². The number of fused-ring (bicyclic) bond motifs is 1. The summed E-state index contributed by atoms with van der Waals surface area (Å²) in [6, 6.07) is 5.10. The monoisotopic (exact) mass is 335 g/mol. The fourth-order valence-electron chi connectivity index (χ4n) is 2.94. The third-order valence-electron chi connectivity index (χ3n) is 4.07. The summed E-state index contributed by atoms with van der Waals surface area (Å²) in [4.78, 5) is 37.3. The van der Waals surface area contributed by atoms with Gasteiger partial charge in [-0.3, -0.25) is 19.3 Å². The molecule has 0 bridgehead atoms. The van der Waals surface area contributed by atoms with Crippen molar-refractivity contribution in [1.29, 1.82) is 0 Å². The van der Waals surface area contributed by atoms with Crippen molar-refractivity contribution < 1.29 is 14.4 Å². The number of imide groups is 1. The number of rotatable bonds is 3. The molecule has 1 fully saturated rings. The van der Waals surface area contributed by atoms with Crippen LogP contribution in [0, 0.1) is 5.92 Å². The van der Waals surface area contributed by atoms with Gasteiger partial charge >= 0.3 is 0 Å². The van der Waals surface area contributed by atoms with Crippen LogP contribution >= 0.6 is 15.9 Å². The summed E-state index contributed by atoms with van der Waals surface area (Å²) >= 11 is 3.31. The van der Waals surface area contributed by atoms with Gasteiger partial charge in [0.1, 0.15) is 5.78 Å². The largest absolute Gasteiger partial charge is 0.299 e. The number of amides is 2. The Morgan fingerprint density at radius 1 is 1.15 bits per heavy atom. The van der Waals surface area contributed by atoms with Gasteiger partial charge in [-0.1, -0.05) is 15.9 Å². The molecule has 4 nitrogen and oxygen atoms in total. The number of hydrogen-bond donors (Lipinski definition) is 0. The van der Waals surface area contributed by atoms with Gasteiger partial charge in [0.25, 0.3) is 11.8 Å². The first kappa shape index (κ1) is 13.5. The predicted molar refractivity (Wildman–Crippen MR) is 76.5 cm³/mol. The lowest BCUT2D eigenvalue weighted by molar-refractivity contribution is -0.120. The van der Waals surface area contributed by atoms with E-state index in [4.69, 9.17) is 0 Å². The second-order valence-corrected chi connectivity index (χ2v) is 6.21. The Morgan fingerprint density at radius 2 is 1.90 bits per heavy atom. The van der Waals surface area contributed by atoms with E-state index in [1.807, 2.05) is 0 Å². The molecule has 0 spiro atoms. The van der Waals surface area contributed by atoms with Gasteiger partial charge in [0.05, 0.1) is 11.1 Å². The zero-order valence-corrected chi connectivity index (χ0v) is 12.5. The number of halogens is 1. The molecule has 1 saturated carbocycles. The van der Waals surface area contributed by atoms with E-state index in [-0.39, 0.29) is 23.5 Å². The smallest absolute Gasteiger partial charge is 0.261 e. The van der Waals surface area contributed by atoms with E-state index in [1.165, 1.54) is 4.90 Å². The third kappa shape index (κ3) is 2.20. The van der Waals surface area contributed by atoms with Crippen LogP contribution in [0.4, 0.5) is 0 Å². The molecule has 0 aromatic heterocycles. The van der Waals surface area contributed by atoms with Crippen LogP contribution in [0.3, 0.4) is 0 Å². The molecule has 0 N–H and O–H groups in total. The van der Waals surface area contributed by atoms with Gasteiger partial charge in [-0.2, -0.15) is 0 Å². The summed E-state index contributed by atoms with van der Waals surface area (Å²) in [6.07, 6.45) is 3.04. The summed E-state index contributed by atoms with van der Waals surface area (Å²) in [7, 11) is 0. The van der Waals surface area contributed by atoms with Crippen LogP contribution in [0.15, 0.2) is 22.7 Å². The number of carbonyl (C=O) groups is 3. The SMILES string of the molecule is O=C1CCCC1CCN1C(=O)c2ccc(Br)cc2C1=O. The highest BCUT2D eigenvalue weighted by Gasteiger charge is 2.36. The topological polar surface area (TPSA) is 54.5 Å². The van der Waals surface area contributed by atoms with E-state index < -0.39 is 0 Å². The van der Waals surface area contributed by atoms with Crippen molar-refractivity contribution in [2.24, 2.45) is 5.92 Å². The van der Waals surface area contributed by atoms with Gasteiger partial charge in [-0.15, -0.1) is 0 Å². The zero-order valence-electron chi connectivity index (χ0n) is 10.9. The highest BCUT2D eigenvalue weighted by atomic mass is 79.9. The highest BCUT2D eigenvalue weighted by molar-refractivity contribution is 9.10. The average Bonchev–Trinajstić information content (AvgIpc) is 2.92. The minimum Gasteiger partial charge on any atom is -0.299 e. The lowest BCUT2D eigenvalue weighted by Gasteiger charge is -2.15. The molecule has 2 amide bonds. The van der Waals surface area contributed by atoms with Crippen molar-refractivity contribution in [2.75, 3.05) is 6.54 Å². The fourth-order valence-corrected chi connectivity index (χ4v) is 3.31. The normalized spacial score (nSPS) is 21.8. The molecule has 2 aliphatic rings. The van der Waals surface area contributed by atoms with E-state index in [0.717, 1.165) is 17.3 Å². The molecule has 5 heteroatoms. The van der Waals surface area contributed by atoms with Crippen LogP contribution in [0.5, 0.6) is 0 Å². The van der Waals surface area contributed by atoms with Gasteiger partial charge in [-0.25, -0.2) is 0 Å². The summed E-state index contributed by atoms with van der Waals surface area (Å²) in [5.74, 6) is -0.213. The van der Waals surface area contributed by atoms with Crippen LogP contribution in [0.2, 0.25) is 0 Å². The molecular formula is C15H14BrNO3. The lowest BCUT2D eigenvalue weighted by atomic mass is 10.0. The van der Waals surface area contributed by atoms with Gasteiger partial charge in [0, 0.05) is 23.4 Å². The maximum absolute atomic E-state index is 12.2. The Bertz CT molecular complexity index is 611. The quantitative estimate of drug-likeness (QED) is 0.798. The van der Waals surface area contributed by atoms with Gasteiger partial charge in [0.15, 0.2) is 0 Å². The molecule has 1 aliphatic carbocycles. The van der Waals surface area contributed by atoms with Crippen molar-refractivity contribution >= 4 is 33.5 Å². The first-order valence-corrected chi connectivity index (χ1v) is 7.55. The van der Waals surface area contributed by atoms with Crippen LogP contribution in [0.25, 0.3) is 0 Å². The predicted octanol–water partition coefficient (Wildman–Crippen LogP) is 2.80. The minimum atomic E-state index is -0.253. The number of ketones is 1. The highest BCUT2D eigenvalue weighted by Crippen LogP contribution is 2.29. The molecule has 1 atom stereocenters. The summed E-state index contributed by atoms with van der Waals surface area (Å²) < 4.78 is 0.783. The Kier molecular flexibility index (Phi) is 3.46. The molecule has 1 heterocycles. The number of Topliss-reactive ketones (excluding diaryl/α,β-unsaturated/α-hetero) is 1. The molecule has 1 aromatic carbocycles. The standard InChI is InChI=1S/C15H14BrNO3/c16-10-4-5-11-12(8-10)15(20)17(14(11)19)7-6-9-2-1-3-13(9)18/h4-5,8-9H,1-3,6-7H2. The van der Waals surface area contributed by atoms with E-state index in [9.17, 15) is 14.4 Å². The van der Waals surface area contributed by atoms with Crippen molar-refractivity contribution in [3.63, 3.8) is 0 Å². The Morgan fingerprint density at radius 3 is 2.60 bits per heavy atom. The maximum atomic E-state index is 12.2. The molecule has 3 rings (SSSR count). The van der Waals surface area contributed by atoms with E-state index in [2.05, 4.69) is 15.9 Å². The van der Waals surface area contributed by atoms with E-state index in [1.54, 1.807) is 18.2 Å². The number of hydrogen-bond acceptors (Lipinski definition) is 3. The molecule has 1 aliphatic heterocycles. The molecule has 104 valence electrons. The average molecular weight is 336 g/mol. The first-order chi connectivity index (χ1) is 9.58. The lowest BCUT2D eigenvalue weighted by Crippen LogP contribution is -2.32. The molecule has 0 radical (unpaired) electrons. The van der Waals surface area contributed by atoms with Gasteiger partial charge in [-0.05, 0) is 37.5 Å². The number of benzene rings is 1. The number of nitrogens with zero attached hydrogens (tertiary/aromatic N) is 1. The van der Waals surface area contributed by atoms with Crippen LogP contribution in [-0.2, 0) is 4.79 Å². The van der Waals surface area contributed by atoms with E-state index in [0.29, 0.717) is 30.5 Å². The van der Waals surface area contributed by atoms with Crippen LogP contribution < -0.4 is 0 Å². The zero-order chi connectivity index (χ0) is 14.3. The molecule has 0 saturated heterocycles.